The van der Waals surface area contributed by atoms with Crippen LogP contribution in [-0.4, -0.2) is 18.8 Å². The molecule has 0 aliphatic rings. The molecule has 0 unspecified atom stereocenters. The smallest absolute Gasteiger partial charge is 0.0538 e. The van der Waals surface area contributed by atoms with Crippen LogP contribution in [0.1, 0.15) is 27.7 Å². The van der Waals surface area contributed by atoms with E-state index in [4.69, 9.17) is 0 Å². The third-order valence-corrected chi connectivity index (χ3v) is 5.37. The second-order valence-electron chi connectivity index (χ2n) is 7.22. The molecule has 4 aromatic carbocycles. The van der Waals surface area contributed by atoms with Crippen molar-refractivity contribution in [1.29, 1.82) is 0 Å². The summed E-state index contributed by atoms with van der Waals surface area (Å²) in [6.07, 6.45) is 0. The molecule has 0 aliphatic heterocycles. The fraction of sp³-hybridized carbons (Fsp3) is 0.125. The largest absolute Gasteiger partial charge is 0.693 e. The normalized spacial score (nSPS) is 8.67. The standard InChI is InChI=1S/C13H6N3.C13H4N3.2C2H6.2CH3.2H2N.2Pt/c2*1-3-7-11-9(5-1)14-13-15-10-6-2-4-8-12(10)16(11)13;2*1-2;;;;;;/h1,3-5,7-8H;3-4,7-8H;2*1-2H3;2*1H3;2*1H2;;/q2*-1;;;4*-1;;. The number of rotatable bonds is 0. The number of imidazole rings is 4. The molecule has 0 spiro atoms. The van der Waals surface area contributed by atoms with E-state index in [-0.39, 0.29) is 69.3 Å². The molecule has 4 aromatic heterocycles. The molecule has 226 valence electrons. The molecule has 42 heavy (non-hydrogen) atoms. The van der Waals surface area contributed by atoms with Crippen molar-refractivity contribution in [2.75, 3.05) is 0 Å². The average molecular weight is 919 g/mol. The first-order chi connectivity index (χ1) is 17.9. The van der Waals surface area contributed by atoms with Crippen LogP contribution in [0.5, 0.6) is 0 Å². The predicted molar refractivity (Wildman–Crippen MR) is 166 cm³/mol. The Morgan fingerprint density at radius 2 is 1.02 bits per heavy atom. The Hall–Kier alpha value is -3.82. The summed E-state index contributed by atoms with van der Waals surface area (Å²) in [5, 5.41) is 0. The van der Waals surface area contributed by atoms with E-state index in [1.165, 1.54) is 0 Å². The third-order valence-electron chi connectivity index (χ3n) is 5.37. The van der Waals surface area contributed by atoms with Crippen LogP contribution < -0.4 is 9.97 Å². The van der Waals surface area contributed by atoms with E-state index >= 15 is 0 Å². The van der Waals surface area contributed by atoms with Crippen LogP contribution in [-0.2, 0) is 42.1 Å². The fourth-order valence-electron chi connectivity index (χ4n) is 4.01. The zero-order chi connectivity index (χ0) is 25.1. The van der Waals surface area contributed by atoms with E-state index in [0.717, 1.165) is 49.9 Å². The van der Waals surface area contributed by atoms with Crippen LogP contribution in [0.4, 0.5) is 0 Å². The van der Waals surface area contributed by atoms with Gasteiger partial charge in [0.2, 0.25) is 0 Å². The van der Waals surface area contributed by atoms with Crippen LogP contribution in [0, 0.1) is 51.3 Å². The van der Waals surface area contributed by atoms with Gasteiger partial charge in [-0.2, -0.15) is 0 Å². The summed E-state index contributed by atoms with van der Waals surface area (Å²) >= 11 is 0. The zero-order valence-electron chi connectivity index (χ0n) is 24.2. The summed E-state index contributed by atoms with van der Waals surface area (Å²) in [6, 6.07) is 37.1. The van der Waals surface area contributed by atoms with Crippen molar-refractivity contribution >= 4 is 55.7 Å². The summed E-state index contributed by atoms with van der Waals surface area (Å²) in [7, 11) is 0. The molecule has 0 saturated heterocycles. The number of hydrogen-bond donors (Lipinski definition) is 0. The monoisotopic (exact) mass is 918 g/mol. The molecule has 0 saturated carbocycles. The molecular formula is C32H32N8Pt2-6. The van der Waals surface area contributed by atoms with Crippen molar-refractivity contribution in [2.45, 2.75) is 27.7 Å². The summed E-state index contributed by atoms with van der Waals surface area (Å²) < 4.78 is 4.05. The molecule has 4 N–H and O–H groups in total. The maximum Gasteiger partial charge on any atom is 0.0538 e. The molecule has 8 aromatic rings. The van der Waals surface area contributed by atoms with Crippen molar-refractivity contribution in [1.82, 2.24) is 28.7 Å². The Balaban J connectivity index is 0. The summed E-state index contributed by atoms with van der Waals surface area (Å²) in [5.41, 5.74) is 7.48. The maximum atomic E-state index is 4.47. The maximum absolute atomic E-state index is 4.47. The SMILES string of the molecule is CC.CC.[CH3-].[CH3-].[NH2-].[NH2-].[Pt].[Pt].c1ccc2c(c#1)[n-]c1nc3ccccc3n12.c1ccc2c(c#1)nc1[n-]c3c#cccc3n12. The van der Waals surface area contributed by atoms with Gasteiger partial charge in [0.25, 0.3) is 0 Å². The quantitative estimate of drug-likeness (QED) is 0.142. The van der Waals surface area contributed by atoms with E-state index in [1.54, 1.807) is 0 Å². The van der Waals surface area contributed by atoms with E-state index < -0.39 is 0 Å². The first-order valence-electron chi connectivity index (χ1n) is 11.9. The number of para-hydroxylation sites is 2. The molecule has 0 atom stereocenters. The molecule has 4 heterocycles. The van der Waals surface area contributed by atoms with Crippen molar-refractivity contribution in [3.8, 4) is 0 Å². The van der Waals surface area contributed by atoms with Gasteiger partial charge in [0.15, 0.2) is 0 Å². The van der Waals surface area contributed by atoms with Crippen LogP contribution in [0.2, 0.25) is 0 Å². The van der Waals surface area contributed by atoms with Crippen LogP contribution in [0.3, 0.4) is 0 Å². The molecule has 8 rings (SSSR count). The molecular weight excluding hydrogens is 887 g/mol. The molecule has 0 fully saturated rings. The van der Waals surface area contributed by atoms with E-state index in [9.17, 15) is 0 Å². The van der Waals surface area contributed by atoms with Crippen molar-refractivity contribution in [2.24, 2.45) is 0 Å². The fourth-order valence-corrected chi connectivity index (χ4v) is 4.01. The first kappa shape index (κ1) is 40.3. The van der Waals surface area contributed by atoms with Crippen molar-refractivity contribution in [3.63, 3.8) is 0 Å². The van der Waals surface area contributed by atoms with E-state index in [2.05, 4.69) is 60.7 Å². The van der Waals surface area contributed by atoms with Crippen LogP contribution >= 0.6 is 0 Å². The Bertz CT molecular complexity index is 1640. The minimum atomic E-state index is 0. The molecule has 10 heteroatoms. The average Bonchev–Trinajstić information content (AvgIpc) is 3.68. The van der Waals surface area contributed by atoms with Gasteiger partial charge in [-0.25, -0.2) is 0 Å². The Morgan fingerprint density at radius 3 is 1.60 bits per heavy atom. The van der Waals surface area contributed by atoms with Crippen molar-refractivity contribution in [3.05, 3.63) is 124 Å². The van der Waals surface area contributed by atoms with Gasteiger partial charge in [-0.3, -0.25) is 0 Å². The Kier molecular flexibility index (Phi) is 17.2. The summed E-state index contributed by atoms with van der Waals surface area (Å²) in [6.45, 7) is 8.00. The molecule has 0 radical (unpaired) electrons. The van der Waals surface area contributed by atoms with Gasteiger partial charge in [-0.1, -0.05) is 88.4 Å². The number of nitrogens with two attached hydrogens (primary N) is 2. The van der Waals surface area contributed by atoms with Gasteiger partial charge in [-0.15, -0.1) is 0 Å². The van der Waals surface area contributed by atoms with Gasteiger partial charge in [-0.05, 0) is 36.4 Å². The van der Waals surface area contributed by atoms with E-state index in [1.807, 2.05) is 92.8 Å². The van der Waals surface area contributed by atoms with Gasteiger partial charge in [0, 0.05) is 81.3 Å². The topological polar surface area (TPSA) is 130 Å². The number of benzene rings is 1. The number of nitrogens with zero attached hydrogens (tertiary/aromatic N) is 6. The molecule has 0 amide bonds. The van der Waals surface area contributed by atoms with E-state index in [0.29, 0.717) is 5.78 Å². The van der Waals surface area contributed by atoms with Crippen LogP contribution in [0.15, 0.2) is 60.7 Å². The summed E-state index contributed by atoms with van der Waals surface area (Å²) in [5.74, 6) is 1.41. The van der Waals surface area contributed by atoms with Crippen LogP contribution in [0.25, 0.3) is 68.0 Å². The van der Waals surface area contributed by atoms with Gasteiger partial charge < -0.3 is 55.9 Å². The first-order valence-corrected chi connectivity index (χ1v) is 11.9. The molecule has 0 aliphatic carbocycles. The molecule has 0 bridgehead atoms. The third kappa shape index (κ3) is 6.96. The number of hydrogen-bond acceptors (Lipinski definition) is 2. The molecule has 8 nitrogen and oxygen atoms in total. The van der Waals surface area contributed by atoms with Gasteiger partial charge in [0.1, 0.15) is 0 Å². The van der Waals surface area contributed by atoms with Gasteiger partial charge >= 0.3 is 0 Å². The number of fused-ring (bicyclic) bond motifs is 10. The Labute approximate surface area is 277 Å². The Morgan fingerprint density at radius 1 is 0.571 bits per heavy atom. The minimum absolute atomic E-state index is 0. The minimum Gasteiger partial charge on any atom is -0.693 e. The number of aromatic nitrogens is 6. The predicted octanol–water partition coefficient (Wildman–Crippen LogP) is 8.38. The van der Waals surface area contributed by atoms with Gasteiger partial charge in [0.05, 0.1) is 16.6 Å². The second-order valence-corrected chi connectivity index (χ2v) is 7.22. The van der Waals surface area contributed by atoms with Crippen molar-refractivity contribution < 1.29 is 42.1 Å². The second kappa shape index (κ2) is 17.9. The zero-order valence-corrected chi connectivity index (χ0v) is 28.8. The summed E-state index contributed by atoms with van der Waals surface area (Å²) in [4.78, 5) is 17.7.